The van der Waals surface area contributed by atoms with Crippen LogP contribution in [0.15, 0.2) is 77.3 Å². The Morgan fingerprint density at radius 2 is 1.70 bits per heavy atom. The summed E-state index contributed by atoms with van der Waals surface area (Å²) in [7, 11) is 4.21. The van der Waals surface area contributed by atoms with Gasteiger partial charge in [0.1, 0.15) is 18.0 Å². The quantitative estimate of drug-likeness (QED) is 0.406. The van der Waals surface area contributed by atoms with Gasteiger partial charge in [0.25, 0.3) is 0 Å². The lowest BCUT2D eigenvalue weighted by Crippen LogP contribution is -2.60. The molecule has 130 valence electrons. The number of pyridine rings is 1. The van der Waals surface area contributed by atoms with E-state index >= 15 is 0 Å². The molecule has 2 aromatic heterocycles. The number of rotatable bonds is 2. The summed E-state index contributed by atoms with van der Waals surface area (Å²) in [4.78, 5) is 2.22. The van der Waals surface area contributed by atoms with E-state index in [0.717, 1.165) is 11.0 Å². The van der Waals surface area contributed by atoms with Crippen LogP contribution in [0.1, 0.15) is 0 Å². The van der Waals surface area contributed by atoms with Crippen LogP contribution < -0.4 is 20.8 Å². The number of aryl methyl sites for hydroxylation is 1. The van der Waals surface area contributed by atoms with E-state index in [0.29, 0.717) is 0 Å². The highest BCUT2D eigenvalue weighted by atomic mass is 16.3. The zero-order valence-electron chi connectivity index (χ0n) is 15.5. The minimum absolute atomic E-state index is 0.146. The van der Waals surface area contributed by atoms with Gasteiger partial charge >= 0.3 is 6.85 Å². The van der Waals surface area contributed by atoms with Gasteiger partial charge in [0.15, 0.2) is 11.8 Å². The monoisotopic (exact) mass is 351 g/mol. The van der Waals surface area contributed by atoms with Crippen molar-refractivity contribution in [2.75, 3.05) is 7.05 Å². The molecule has 0 saturated carbocycles. The van der Waals surface area contributed by atoms with Gasteiger partial charge in [-0.1, -0.05) is 54.5 Å². The van der Waals surface area contributed by atoms with Crippen LogP contribution in [0.3, 0.4) is 0 Å². The topological polar surface area (TPSA) is 20.3 Å². The average molecular weight is 351 g/mol. The molecule has 0 bridgehead atoms. The SMILES string of the molecule is CN1C=c2oc3ccccc3c2=CB1c1cc(-c2ccccc2)cc[n+]1C. The van der Waals surface area contributed by atoms with Crippen molar-refractivity contribution in [2.24, 2.45) is 7.05 Å². The van der Waals surface area contributed by atoms with E-state index in [1.54, 1.807) is 0 Å². The van der Waals surface area contributed by atoms with Crippen molar-refractivity contribution in [3.8, 4) is 11.1 Å². The maximum atomic E-state index is 6.03. The third-order valence-corrected chi connectivity index (χ3v) is 5.35. The first-order chi connectivity index (χ1) is 13.2. The number of fused-ring (bicyclic) bond motifs is 3. The van der Waals surface area contributed by atoms with Crippen LogP contribution in [0, 0.1) is 0 Å². The molecule has 4 aromatic rings. The second-order valence-corrected chi connectivity index (χ2v) is 7.10. The molecule has 27 heavy (non-hydrogen) atoms. The fourth-order valence-corrected chi connectivity index (χ4v) is 3.88. The summed E-state index contributed by atoms with van der Waals surface area (Å²) in [5.74, 6) is 2.31. The van der Waals surface area contributed by atoms with Crippen molar-refractivity contribution in [2.45, 2.75) is 0 Å². The van der Waals surface area contributed by atoms with E-state index in [4.69, 9.17) is 4.42 Å². The molecule has 0 atom stereocenters. The summed E-state index contributed by atoms with van der Waals surface area (Å²) in [5.41, 5.74) is 5.57. The van der Waals surface area contributed by atoms with Gasteiger partial charge in [-0.3, -0.25) is 0 Å². The van der Waals surface area contributed by atoms with Gasteiger partial charge < -0.3 is 9.23 Å². The van der Waals surface area contributed by atoms with Crippen molar-refractivity contribution in [1.29, 1.82) is 0 Å². The van der Waals surface area contributed by atoms with Crippen LogP contribution in [0.25, 0.3) is 34.3 Å². The Balaban J connectivity index is 1.69. The molecule has 2 aromatic carbocycles. The number of hydrogen-bond donors (Lipinski definition) is 0. The zero-order valence-corrected chi connectivity index (χ0v) is 15.5. The van der Waals surface area contributed by atoms with Gasteiger partial charge in [0.05, 0.1) is 0 Å². The summed E-state index contributed by atoms with van der Waals surface area (Å²) in [6.45, 7) is 0.146. The van der Waals surface area contributed by atoms with Gasteiger partial charge in [-0.2, -0.15) is 0 Å². The standard InChI is InChI=1S/C23H20BN2O/c1-25-13-12-18(17-8-4-3-5-9-17)14-23(25)24-15-20-19-10-6-7-11-21(19)27-22(20)16-26(24)2/h3-16H,1-2H3/q+1. The van der Waals surface area contributed by atoms with Crippen LogP contribution >= 0.6 is 0 Å². The Morgan fingerprint density at radius 3 is 2.56 bits per heavy atom. The molecule has 0 aliphatic carbocycles. The smallest absolute Gasteiger partial charge is 0.396 e. The Bertz CT molecular complexity index is 1260. The molecule has 0 fully saturated rings. The van der Waals surface area contributed by atoms with Crippen molar-refractivity contribution in [3.05, 3.63) is 83.6 Å². The predicted octanol–water partition coefficient (Wildman–Crippen LogP) is 1.83. The molecule has 0 saturated heterocycles. The number of nitrogens with zero attached hydrogens (tertiary/aromatic N) is 2. The van der Waals surface area contributed by atoms with Gasteiger partial charge in [0, 0.05) is 28.9 Å². The molecule has 0 unspecified atom stereocenters. The molecule has 3 heterocycles. The van der Waals surface area contributed by atoms with Crippen LogP contribution in [0.2, 0.25) is 0 Å². The van der Waals surface area contributed by atoms with Gasteiger partial charge in [-0.15, -0.1) is 0 Å². The summed E-state index contributed by atoms with van der Waals surface area (Å²) in [6, 6.07) is 23.2. The van der Waals surface area contributed by atoms with Gasteiger partial charge in [-0.25, -0.2) is 4.57 Å². The van der Waals surface area contributed by atoms with E-state index in [-0.39, 0.29) is 6.85 Å². The normalized spacial score (nSPS) is 13.3. The molecule has 0 spiro atoms. The highest BCUT2D eigenvalue weighted by Crippen LogP contribution is 2.17. The molecule has 3 nitrogen and oxygen atoms in total. The van der Waals surface area contributed by atoms with Crippen molar-refractivity contribution in [1.82, 2.24) is 4.81 Å². The molecule has 0 N–H and O–H groups in total. The summed E-state index contributed by atoms with van der Waals surface area (Å²) < 4.78 is 8.23. The second kappa shape index (κ2) is 6.17. The Kier molecular flexibility index (Phi) is 3.64. The lowest BCUT2D eigenvalue weighted by Gasteiger charge is -2.20. The first-order valence-corrected chi connectivity index (χ1v) is 9.19. The molecule has 4 heteroatoms. The minimum atomic E-state index is 0.146. The zero-order chi connectivity index (χ0) is 18.4. The van der Waals surface area contributed by atoms with Crippen molar-refractivity contribution >= 4 is 35.6 Å². The first-order valence-electron chi connectivity index (χ1n) is 9.19. The lowest BCUT2D eigenvalue weighted by molar-refractivity contribution is -0.654. The molecule has 1 aliphatic heterocycles. The second-order valence-electron chi connectivity index (χ2n) is 7.10. The fourth-order valence-electron chi connectivity index (χ4n) is 3.88. The Labute approximate surface area is 158 Å². The van der Waals surface area contributed by atoms with E-state index in [2.05, 4.69) is 96.4 Å². The van der Waals surface area contributed by atoms with E-state index in [9.17, 15) is 0 Å². The summed E-state index contributed by atoms with van der Waals surface area (Å²) in [5, 5.41) is 2.35. The largest absolute Gasteiger partial charge is 0.455 e. The van der Waals surface area contributed by atoms with E-state index in [1.807, 2.05) is 12.1 Å². The number of benzene rings is 2. The first kappa shape index (κ1) is 15.9. The molecule has 0 radical (unpaired) electrons. The Morgan fingerprint density at radius 1 is 0.926 bits per heavy atom. The third-order valence-electron chi connectivity index (χ3n) is 5.35. The highest BCUT2D eigenvalue weighted by molar-refractivity contribution is 6.82. The molecular formula is C23H20BN2O+. The molecule has 5 rings (SSSR count). The molecule has 1 aliphatic rings. The number of para-hydroxylation sites is 1. The minimum Gasteiger partial charge on any atom is -0.455 e. The predicted molar refractivity (Wildman–Crippen MR) is 111 cm³/mol. The van der Waals surface area contributed by atoms with E-state index in [1.165, 1.54) is 27.3 Å². The van der Waals surface area contributed by atoms with Crippen molar-refractivity contribution in [3.63, 3.8) is 0 Å². The summed E-state index contributed by atoms with van der Waals surface area (Å²) >= 11 is 0. The van der Waals surface area contributed by atoms with Crippen LogP contribution in [-0.4, -0.2) is 18.7 Å². The molecular weight excluding hydrogens is 331 g/mol. The number of furan rings is 1. The maximum absolute atomic E-state index is 6.03. The fraction of sp³-hybridized carbons (Fsp3) is 0.0870. The van der Waals surface area contributed by atoms with Crippen LogP contribution in [0.5, 0.6) is 0 Å². The number of aromatic nitrogens is 1. The van der Waals surface area contributed by atoms with Crippen molar-refractivity contribution < 1.29 is 8.98 Å². The Hall–Kier alpha value is -3.27. The third kappa shape index (κ3) is 2.65. The van der Waals surface area contributed by atoms with Gasteiger partial charge in [-0.05, 0) is 24.2 Å². The highest BCUT2D eigenvalue weighted by Gasteiger charge is 2.30. The molecule has 0 amide bonds. The van der Waals surface area contributed by atoms with Crippen LogP contribution in [-0.2, 0) is 7.05 Å². The van der Waals surface area contributed by atoms with E-state index < -0.39 is 0 Å². The summed E-state index contributed by atoms with van der Waals surface area (Å²) in [6.07, 6.45) is 4.25. The number of hydrogen-bond acceptors (Lipinski definition) is 2. The maximum Gasteiger partial charge on any atom is 0.396 e. The van der Waals surface area contributed by atoms with Gasteiger partial charge in [0.2, 0.25) is 0 Å². The average Bonchev–Trinajstić information content (AvgIpc) is 3.06. The lowest BCUT2D eigenvalue weighted by atomic mass is 9.55. The van der Waals surface area contributed by atoms with Crippen LogP contribution in [0.4, 0.5) is 0 Å².